The van der Waals surface area contributed by atoms with Crippen LogP contribution in [0.15, 0.2) is 146 Å². The maximum atomic E-state index is 9.52. The first-order valence-electron chi connectivity index (χ1n) is 15.5. The molecule has 0 aliphatic heterocycles. The fraction of sp³-hybridized carbons (Fsp3) is 0.0952. The highest BCUT2D eigenvalue weighted by molar-refractivity contribution is 5.80. The van der Waals surface area contributed by atoms with Gasteiger partial charge in [-0.05, 0) is 109 Å². The van der Waals surface area contributed by atoms with Gasteiger partial charge in [-0.1, -0.05) is 96.1 Å². The summed E-state index contributed by atoms with van der Waals surface area (Å²) in [6.07, 6.45) is 4.27. The number of rotatable bonds is 10. The van der Waals surface area contributed by atoms with Crippen LogP contribution in [0.4, 0.5) is 34.1 Å². The molecule has 4 nitrogen and oxygen atoms in total. The lowest BCUT2D eigenvalue weighted by molar-refractivity contribution is 0.281. The van der Waals surface area contributed by atoms with Gasteiger partial charge in [-0.25, -0.2) is 0 Å². The first-order chi connectivity index (χ1) is 22.5. The zero-order valence-electron chi connectivity index (χ0n) is 26.2. The molecule has 228 valence electrons. The number of benzene rings is 6. The number of aliphatic hydroxyl groups excluding tert-OH is 2. The molecule has 0 heterocycles. The van der Waals surface area contributed by atoms with Gasteiger partial charge in [0, 0.05) is 34.1 Å². The zero-order valence-corrected chi connectivity index (χ0v) is 26.2. The largest absolute Gasteiger partial charge is 0.392 e. The van der Waals surface area contributed by atoms with Gasteiger partial charge in [-0.3, -0.25) is 0 Å². The molecule has 6 aromatic carbocycles. The lowest BCUT2D eigenvalue weighted by Gasteiger charge is -2.26. The van der Waals surface area contributed by atoms with Crippen molar-refractivity contribution in [3.05, 3.63) is 179 Å². The Kier molecular flexibility index (Phi) is 9.40. The average molecular weight is 603 g/mol. The summed E-state index contributed by atoms with van der Waals surface area (Å²) in [7, 11) is 0. The molecule has 4 heteroatoms. The van der Waals surface area contributed by atoms with E-state index in [9.17, 15) is 10.2 Å². The molecule has 0 saturated carbocycles. The van der Waals surface area contributed by atoms with E-state index in [4.69, 9.17) is 0 Å². The first-order valence-corrected chi connectivity index (χ1v) is 15.5. The van der Waals surface area contributed by atoms with Crippen LogP contribution < -0.4 is 9.80 Å². The third kappa shape index (κ3) is 7.10. The van der Waals surface area contributed by atoms with Gasteiger partial charge < -0.3 is 20.0 Å². The summed E-state index contributed by atoms with van der Waals surface area (Å²) < 4.78 is 0. The predicted molar refractivity (Wildman–Crippen MR) is 192 cm³/mol. The number of anilines is 6. The number of aryl methyl sites for hydroxylation is 2. The van der Waals surface area contributed by atoms with Crippen LogP contribution in [0.2, 0.25) is 0 Å². The van der Waals surface area contributed by atoms with Gasteiger partial charge in [-0.2, -0.15) is 0 Å². The average Bonchev–Trinajstić information content (AvgIpc) is 3.11. The van der Waals surface area contributed by atoms with Crippen molar-refractivity contribution in [3.63, 3.8) is 0 Å². The fourth-order valence-electron chi connectivity index (χ4n) is 5.44. The molecule has 0 fully saturated rings. The predicted octanol–water partition coefficient (Wildman–Crippen LogP) is 10.4. The van der Waals surface area contributed by atoms with Crippen LogP contribution in [0.1, 0.15) is 33.4 Å². The third-order valence-corrected chi connectivity index (χ3v) is 8.11. The Hall–Kier alpha value is -5.42. The van der Waals surface area contributed by atoms with Gasteiger partial charge >= 0.3 is 0 Å². The summed E-state index contributed by atoms with van der Waals surface area (Å²) in [5.41, 5.74) is 12.8. The highest BCUT2D eigenvalue weighted by Crippen LogP contribution is 2.36. The second-order valence-corrected chi connectivity index (χ2v) is 11.5. The number of nitrogens with zero attached hydrogens (tertiary/aromatic N) is 2. The number of aliphatic hydroxyl groups is 2. The summed E-state index contributed by atoms with van der Waals surface area (Å²) in [5.74, 6) is 0. The lowest BCUT2D eigenvalue weighted by atomic mass is 10.1. The van der Waals surface area contributed by atoms with Gasteiger partial charge in [0.2, 0.25) is 0 Å². The van der Waals surface area contributed by atoms with Crippen molar-refractivity contribution >= 4 is 46.3 Å². The highest BCUT2D eigenvalue weighted by Gasteiger charge is 2.14. The van der Waals surface area contributed by atoms with Crippen LogP contribution >= 0.6 is 0 Å². The normalized spacial score (nSPS) is 11.1. The Morgan fingerprint density at radius 2 is 0.609 bits per heavy atom. The molecule has 0 atom stereocenters. The van der Waals surface area contributed by atoms with Crippen LogP contribution in [-0.4, -0.2) is 10.2 Å². The van der Waals surface area contributed by atoms with E-state index in [1.54, 1.807) is 0 Å². The van der Waals surface area contributed by atoms with E-state index in [0.29, 0.717) is 0 Å². The Bertz CT molecular complexity index is 1730. The smallest absolute Gasteiger partial charge is 0.0681 e. The maximum absolute atomic E-state index is 9.52. The molecular formula is C42H38N2O2. The molecule has 6 rings (SSSR count). The van der Waals surface area contributed by atoms with Gasteiger partial charge in [0.1, 0.15) is 0 Å². The van der Waals surface area contributed by atoms with Gasteiger partial charge in [0.05, 0.1) is 13.2 Å². The highest BCUT2D eigenvalue weighted by atomic mass is 16.3. The molecule has 0 aliphatic rings. The minimum absolute atomic E-state index is 0.0266. The number of hydrogen-bond acceptors (Lipinski definition) is 4. The maximum Gasteiger partial charge on any atom is 0.0681 e. The summed E-state index contributed by atoms with van der Waals surface area (Å²) in [6, 6.07) is 50.2. The Labute approximate surface area is 271 Å². The van der Waals surface area contributed by atoms with Gasteiger partial charge in [0.15, 0.2) is 0 Å². The second-order valence-electron chi connectivity index (χ2n) is 11.5. The molecular weight excluding hydrogens is 564 g/mol. The fourth-order valence-corrected chi connectivity index (χ4v) is 5.44. The van der Waals surface area contributed by atoms with E-state index in [0.717, 1.165) is 56.4 Å². The van der Waals surface area contributed by atoms with Crippen LogP contribution in [0.5, 0.6) is 0 Å². The van der Waals surface area contributed by atoms with Crippen molar-refractivity contribution in [2.24, 2.45) is 0 Å². The third-order valence-electron chi connectivity index (χ3n) is 8.11. The molecule has 6 aromatic rings. The molecule has 0 saturated heterocycles. The first kappa shape index (κ1) is 30.6. The van der Waals surface area contributed by atoms with Crippen molar-refractivity contribution in [3.8, 4) is 0 Å². The minimum Gasteiger partial charge on any atom is -0.392 e. The number of hydrogen-bond donors (Lipinski definition) is 2. The van der Waals surface area contributed by atoms with E-state index in [-0.39, 0.29) is 13.2 Å². The SMILES string of the molecule is Cc1ccc(N(c2ccc(C=Cc3ccc(N(c4ccc(C)cc4)c4ccc(CO)cc4)cc3)cc2)c2ccc(CO)cc2)cc1. The van der Waals surface area contributed by atoms with E-state index in [1.807, 2.05) is 48.5 Å². The summed E-state index contributed by atoms with van der Waals surface area (Å²) in [4.78, 5) is 4.45. The van der Waals surface area contributed by atoms with Crippen LogP contribution in [0, 0.1) is 13.8 Å². The standard InChI is InChI=1S/C42H38N2O2/c1-31-3-17-37(18-4-31)43(41-25-13-35(29-45)14-26-41)39-21-9-33(10-22-39)7-8-34-11-23-40(24-12-34)44(38-19-5-32(2)6-20-38)42-27-15-36(30-46)16-28-42/h3-28,45-46H,29-30H2,1-2H3. The summed E-state index contributed by atoms with van der Waals surface area (Å²) in [5, 5.41) is 19.0. The molecule has 0 aliphatic carbocycles. The molecule has 0 radical (unpaired) electrons. The minimum atomic E-state index is 0.0266. The van der Waals surface area contributed by atoms with E-state index < -0.39 is 0 Å². The lowest BCUT2D eigenvalue weighted by Crippen LogP contribution is -2.10. The quantitative estimate of drug-likeness (QED) is 0.153. The van der Waals surface area contributed by atoms with Crippen molar-refractivity contribution in [2.45, 2.75) is 27.1 Å². The van der Waals surface area contributed by atoms with Crippen molar-refractivity contribution < 1.29 is 10.2 Å². The molecule has 0 unspecified atom stereocenters. The Morgan fingerprint density at radius 3 is 0.870 bits per heavy atom. The van der Waals surface area contributed by atoms with Crippen LogP contribution in [0.25, 0.3) is 12.2 Å². The molecule has 0 aromatic heterocycles. The molecule has 0 spiro atoms. The molecule has 2 N–H and O–H groups in total. The zero-order chi connectivity index (χ0) is 31.9. The van der Waals surface area contributed by atoms with Gasteiger partial charge in [-0.15, -0.1) is 0 Å². The molecule has 46 heavy (non-hydrogen) atoms. The summed E-state index contributed by atoms with van der Waals surface area (Å²) in [6.45, 7) is 4.24. The van der Waals surface area contributed by atoms with E-state index in [2.05, 4.69) is 133 Å². The molecule has 0 bridgehead atoms. The van der Waals surface area contributed by atoms with Crippen LogP contribution in [0.3, 0.4) is 0 Å². The summed E-state index contributed by atoms with van der Waals surface area (Å²) >= 11 is 0. The molecule has 0 amide bonds. The van der Waals surface area contributed by atoms with Crippen LogP contribution in [-0.2, 0) is 13.2 Å². The Morgan fingerprint density at radius 1 is 0.370 bits per heavy atom. The van der Waals surface area contributed by atoms with E-state index in [1.165, 1.54) is 11.1 Å². The Balaban J connectivity index is 1.23. The van der Waals surface area contributed by atoms with Crippen molar-refractivity contribution in [1.29, 1.82) is 0 Å². The van der Waals surface area contributed by atoms with E-state index >= 15 is 0 Å². The van der Waals surface area contributed by atoms with Crippen molar-refractivity contribution in [1.82, 2.24) is 0 Å². The van der Waals surface area contributed by atoms with Crippen molar-refractivity contribution in [2.75, 3.05) is 9.80 Å². The van der Waals surface area contributed by atoms with Gasteiger partial charge in [0.25, 0.3) is 0 Å². The second kappa shape index (κ2) is 14.1. The monoisotopic (exact) mass is 602 g/mol. The topological polar surface area (TPSA) is 46.9 Å².